The van der Waals surface area contributed by atoms with Crippen LogP contribution < -0.4 is 9.47 Å². The molecule has 144 valence electrons. The fraction of sp³-hybridized carbons (Fsp3) is 0.280. The van der Waals surface area contributed by atoms with Gasteiger partial charge >= 0.3 is 0 Å². The average Bonchev–Trinajstić information content (AvgIpc) is 2.68. The van der Waals surface area contributed by atoms with Crippen molar-refractivity contribution in [2.75, 3.05) is 14.2 Å². The predicted molar refractivity (Wildman–Crippen MR) is 116 cm³/mol. The van der Waals surface area contributed by atoms with E-state index >= 15 is 0 Å². The van der Waals surface area contributed by atoms with Crippen LogP contribution in [0.5, 0.6) is 11.5 Å². The molecule has 0 heterocycles. The van der Waals surface area contributed by atoms with E-state index in [2.05, 4.69) is 64.1 Å². The van der Waals surface area contributed by atoms with Crippen molar-refractivity contribution >= 4 is 0 Å². The molecule has 0 aliphatic rings. The summed E-state index contributed by atoms with van der Waals surface area (Å²) in [5.41, 5.74) is 6.42. The quantitative estimate of drug-likeness (QED) is 0.509. The van der Waals surface area contributed by atoms with Gasteiger partial charge < -0.3 is 9.47 Å². The Morgan fingerprint density at radius 2 is 1.04 bits per heavy atom. The molecule has 0 aromatic heterocycles. The van der Waals surface area contributed by atoms with Crippen molar-refractivity contribution < 1.29 is 9.47 Å². The van der Waals surface area contributed by atoms with Gasteiger partial charge in [-0.1, -0.05) is 54.1 Å². The van der Waals surface area contributed by atoms with Crippen molar-refractivity contribution in [2.45, 2.75) is 34.6 Å². The molecular formula is C25H32O2. The summed E-state index contributed by atoms with van der Waals surface area (Å²) in [5.74, 6) is 1.89. The van der Waals surface area contributed by atoms with Crippen LogP contribution in [0.4, 0.5) is 0 Å². The van der Waals surface area contributed by atoms with Crippen LogP contribution >= 0.6 is 0 Å². The Morgan fingerprint density at radius 3 is 1.44 bits per heavy atom. The van der Waals surface area contributed by atoms with Gasteiger partial charge in [0.05, 0.1) is 14.2 Å². The minimum Gasteiger partial charge on any atom is -0.497 e. The highest BCUT2D eigenvalue weighted by molar-refractivity contribution is 5.35. The maximum Gasteiger partial charge on any atom is 0.122 e. The molecule has 27 heavy (non-hydrogen) atoms. The molecule has 2 nitrogen and oxygen atoms in total. The summed E-state index contributed by atoms with van der Waals surface area (Å²) in [6.45, 7) is 10.4. The van der Waals surface area contributed by atoms with Crippen molar-refractivity contribution in [1.82, 2.24) is 0 Å². The van der Waals surface area contributed by atoms with Crippen LogP contribution in [-0.2, 0) is 0 Å². The first kappa shape index (κ1) is 22.3. The minimum absolute atomic E-state index is 0.917. The molecule has 0 saturated carbocycles. The van der Waals surface area contributed by atoms with Crippen LogP contribution in [0.3, 0.4) is 0 Å². The molecule has 3 aromatic carbocycles. The Bertz CT molecular complexity index is 784. The molecule has 3 aromatic rings. The van der Waals surface area contributed by atoms with Crippen LogP contribution in [0.25, 0.3) is 0 Å². The number of benzene rings is 3. The highest BCUT2D eigenvalue weighted by atomic mass is 16.5. The van der Waals surface area contributed by atoms with Gasteiger partial charge in [0.25, 0.3) is 0 Å². The monoisotopic (exact) mass is 364 g/mol. The number of aryl methyl sites for hydroxylation is 5. The van der Waals surface area contributed by atoms with Crippen LogP contribution in [-0.4, -0.2) is 14.2 Å². The fourth-order valence-electron chi connectivity index (χ4n) is 2.26. The standard InChI is InChI=1S/C9H12O.C8H10O.C8H10/c1-7-4-5-8(2)9(6-7)10-3;1-7-3-5-8(9-2)6-4-7;1-7-5-3-4-6-8(7)2/h4-6H,1-3H3;3-6H,1-2H3;3-6H,1-2H3. The summed E-state index contributed by atoms with van der Waals surface area (Å²) < 4.78 is 10.1. The van der Waals surface area contributed by atoms with Gasteiger partial charge in [0.1, 0.15) is 11.5 Å². The lowest BCUT2D eigenvalue weighted by Gasteiger charge is -2.03. The summed E-state index contributed by atoms with van der Waals surface area (Å²) in [5, 5.41) is 0. The van der Waals surface area contributed by atoms with E-state index in [1.165, 1.54) is 27.8 Å². The predicted octanol–water partition coefficient (Wildman–Crippen LogP) is 6.62. The van der Waals surface area contributed by atoms with Crippen LogP contribution in [0, 0.1) is 34.6 Å². The third-order valence-corrected chi connectivity index (χ3v) is 4.25. The van der Waals surface area contributed by atoms with E-state index in [4.69, 9.17) is 9.47 Å². The van der Waals surface area contributed by atoms with Crippen LogP contribution in [0.2, 0.25) is 0 Å². The smallest absolute Gasteiger partial charge is 0.122 e. The summed E-state index contributed by atoms with van der Waals surface area (Å²) >= 11 is 0. The molecule has 0 bridgehead atoms. The zero-order valence-electron chi connectivity index (χ0n) is 17.7. The number of rotatable bonds is 2. The number of ether oxygens (including phenoxy) is 2. The van der Waals surface area contributed by atoms with Crippen molar-refractivity contribution in [2.24, 2.45) is 0 Å². The normalized spacial score (nSPS) is 9.30. The van der Waals surface area contributed by atoms with Gasteiger partial charge in [-0.25, -0.2) is 0 Å². The summed E-state index contributed by atoms with van der Waals surface area (Å²) in [6.07, 6.45) is 0. The summed E-state index contributed by atoms with van der Waals surface area (Å²) in [6, 6.07) is 22.5. The molecule has 0 aliphatic carbocycles. The van der Waals surface area contributed by atoms with Gasteiger partial charge in [0.2, 0.25) is 0 Å². The Morgan fingerprint density at radius 1 is 0.519 bits per heavy atom. The van der Waals surface area contributed by atoms with E-state index in [1.54, 1.807) is 14.2 Å². The molecule has 0 saturated heterocycles. The van der Waals surface area contributed by atoms with Crippen molar-refractivity contribution in [3.63, 3.8) is 0 Å². The second-order valence-corrected chi connectivity index (χ2v) is 6.57. The lowest BCUT2D eigenvalue weighted by molar-refractivity contribution is 0.411. The fourth-order valence-corrected chi connectivity index (χ4v) is 2.26. The molecule has 0 atom stereocenters. The summed E-state index contributed by atoms with van der Waals surface area (Å²) in [7, 11) is 3.37. The maximum absolute atomic E-state index is 5.13. The molecule has 2 heteroatoms. The van der Waals surface area contributed by atoms with Crippen LogP contribution in [0.1, 0.15) is 27.8 Å². The topological polar surface area (TPSA) is 18.5 Å². The van der Waals surface area contributed by atoms with Gasteiger partial charge in [-0.15, -0.1) is 0 Å². The Labute approximate surface area is 164 Å². The zero-order valence-corrected chi connectivity index (χ0v) is 17.7. The number of hydrogen-bond donors (Lipinski definition) is 0. The van der Waals surface area contributed by atoms with Gasteiger partial charge in [-0.3, -0.25) is 0 Å². The van der Waals surface area contributed by atoms with Crippen molar-refractivity contribution in [3.8, 4) is 11.5 Å². The first-order valence-electron chi connectivity index (χ1n) is 9.11. The minimum atomic E-state index is 0.917. The summed E-state index contributed by atoms with van der Waals surface area (Å²) in [4.78, 5) is 0. The van der Waals surface area contributed by atoms with E-state index in [0.717, 1.165) is 11.5 Å². The van der Waals surface area contributed by atoms with Crippen molar-refractivity contribution in [1.29, 1.82) is 0 Å². The molecule has 3 rings (SSSR count). The molecule has 0 N–H and O–H groups in total. The molecule has 0 unspecified atom stereocenters. The SMILES string of the molecule is COc1cc(C)ccc1C.COc1ccc(C)cc1.Cc1ccccc1C. The third-order valence-electron chi connectivity index (χ3n) is 4.25. The maximum atomic E-state index is 5.13. The lowest BCUT2D eigenvalue weighted by Crippen LogP contribution is -1.86. The largest absolute Gasteiger partial charge is 0.497 e. The first-order chi connectivity index (χ1) is 12.9. The molecule has 0 spiro atoms. The molecule has 0 aliphatic heterocycles. The molecule has 0 fully saturated rings. The second-order valence-electron chi connectivity index (χ2n) is 6.57. The van der Waals surface area contributed by atoms with Gasteiger partial charge in [-0.2, -0.15) is 0 Å². The highest BCUT2D eigenvalue weighted by Gasteiger charge is 1.95. The second kappa shape index (κ2) is 11.8. The van der Waals surface area contributed by atoms with Gasteiger partial charge in [-0.05, 0) is 75.1 Å². The van der Waals surface area contributed by atoms with Gasteiger partial charge in [0, 0.05) is 0 Å². The Balaban J connectivity index is 0.000000204. The van der Waals surface area contributed by atoms with Crippen molar-refractivity contribution in [3.05, 3.63) is 94.5 Å². The van der Waals surface area contributed by atoms with Gasteiger partial charge in [0.15, 0.2) is 0 Å². The third kappa shape index (κ3) is 8.46. The highest BCUT2D eigenvalue weighted by Crippen LogP contribution is 2.17. The lowest BCUT2D eigenvalue weighted by atomic mass is 10.1. The Hall–Kier alpha value is -2.74. The van der Waals surface area contributed by atoms with E-state index in [-0.39, 0.29) is 0 Å². The van der Waals surface area contributed by atoms with E-state index in [9.17, 15) is 0 Å². The number of methoxy groups -OCH3 is 2. The van der Waals surface area contributed by atoms with E-state index in [0.29, 0.717) is 0 Å². The van der Waals surface area contributed by atoms with E-state index < -0.39 is 0 Å². The number of hydrogen-bond acceptors (Lipinski definition) is 2. The molecular weight excluding hydrogens is 332 g/mol. The first-order valence-corrected chi connectivity index (χ1v) is 9.11. The van der Waals surface area contributed by atoms with E-state index in [1.807, 2.05) is 37.3 Å². The zero-order chi connectivity index (χ0) is 20.2. The molecule has 0 amide bonds. The van der Waals surface area contributed by atoms with Crippen LogP contribution in [0.15, 0.2) is 66.7 Å². The Kier molecular flexibility index (Phi) is 9.74. The average molecular weight is 365 g/mol. The molecule has 0 radical (unpaired) electrons.